The molecule has 15 heavy (non-hydrogen) atoms. The molecule has 0 unspecified atom stereocenters. The quantitative estimate of drug-likeness (QED) is 0.801. The smallest absolute Gasteiger partial charge is 0.125 e. The molecule has 0 aromatic heterocycles. The van der Waals surface area contributed by atoms with Gasteiger partial charge in [0.25, 0.3) is 0 Å². The highest BCUT2D eigenvalue weighted by atomic mass is 16.5. The van der Waals surface area contributed by atoms with Crippen LogP contribution < -0.4 is 10.1 Å². The number of nitrogens with one attached hydrogen (secondary N) is 1. The summed E-state index contributed by atoms with van der Waals surface area (Å²) in [6.07, 6.45) is 1.01. The van der Waals surface area contributed by atoms with E-state index in [1.807, 2.05) is 7.05 Å². The van der Waals surface area contributed by atoms with Crippen molar-refractivity contribution in [1.82, 2.24) is 5.32 Å². The summed E-state index contributed by atoms with van der Waals surface area (Å²) in [5.74, 6) is 1.57. The molecule has 2 heteroatoms. The molecule has 0 aliphatic heterocycles. The Morgan fingerprint density at radius 2 is 2.07 bits per heavy atom. The molecular weight excluding hydrogens is 186 g/mol. The highest BCUT2D eigenvalue weighted by Gasteiger charge is 2.10. The third-order valence-corrected chi connectivity index (χ3v) is 2.60. The molecule has 84 valence electrons. The van der Waals surface area contributed by atoms with E-state index < -0.39 is 0 Å². The van der Waals surface area contributed by atoms with Crippen molar-refractivity contribution in [3.63, 3.8) is 0 Å². The van der Waals surface area contributed by atoms with Crippen LogP contribution in [0.4, 0.5) is 0 Å². The van der Waals surface area contributed by atoms with Crippen molar-refractivity contribution in [3.05, 3.63) is 29.3 Å². The Kier molecular flexibility index (Phi) is 4.63. The standard InChI is InChI=1S/C13H21NO/c1-10(2)12-7-5-6-11(8-9-14-3)13(12)15-4/h5-7,10,14H,8-9H2,1-4H3. The molecule has 0 atom stereocenters. The third-order valence-electron chi connectivity index (χ3n) is 2.60. The molecule has 0 bridgehead atoms. The number of ether oxygens (including phenoxy) is 1. The fraction of sp³-hybridized carbons (Fsp3) is 0.538. The van der Waals surface area contributed by atoms with Gasteiger partial charge >= 0.3 is 0 Å². The van der Waals surface area contributed by atoms with Crippen LogP contribution in [0.25, 0.3) is 0 Å². The Hall–Kier alpha value is -1.02. The van der Waals surface area contributed by atoms with Crippen LogP contribution in [0.2, 0.25) is 0 Å². The molecule has 1 N–H and O–H groups in total. The summed E-state index contributed by atoms with van der Waals surface area (Å²) < 4.78 is 5.51. The van der Waals surface area contributed by atoms with E-state index in [2.05, 4.69) is 37.4 Å². The van der Waals surface area contributed by atoms with Crippen LogP contribution in [0, 0.1) is 0 Å². The summed E-state index contributed by atoms with van der Waals surface area (Å²) in [5, 5.41) is 3.16. The summed E-state index contributed by atoms with van der Waals surface area (Å²) >= 11 is 0. The predicted molar refractivity (Wildman–Crippen MR) is 64.7 cm³/mol. The molecule has 0 aliphatic carbocycles. The van der Waals surface area contributed by atoms with Crippen LogP contribution in [0.5, 0.6) is 5.75 Å². The van der Waals surface area contributed by atoms with Gasteiger partial charge in [-0.25, -0.2) is 0 Å². The Balaban J connectivity index is 2.99. The van der Waals surface area contributed by atoms with Gasteiger partial charge in [-0.2, -0.15) is 0 Å². The van der Waals surface area contributed by atoms with E-state index in [4.69, 9.17) is 4.74 Å². The van der Waals surface area contributed by atoms with Gasteiger partial charge in [0.05, 0.1) is 7.11 Å². The number of hydrogen-bond acceptors (Lipinski definition) is 2. The SMILES string of the molecule is CNCCc1cccc(C(C)C)c1OC. The number of methoxy groups -OCH3 is 1. The lowest BCUT2D eigenvalue weighted by Gasteiger charge is -2.15. The molecule has 2 nitrogen and oxygen atoms in total. The molecule has 0 amide bonds. The van der Waals surface area contributed by atoms with Crippen molar-refractivity contribution in [2.75, 3.05) is 20.7 Å². The van der Waals surface area contributed by atoms with Gasteiger partial charge in [-0.3, -0.25) is 0 Å². The molecule has 0 radical (unpaired) electrons. The lowest BCUT2D eigenvalue weighted by Crippen LogP contribution is -2.11. The van der Waals surface area contributed by atoms with Gasteiger partial charge in [0.2, 0.25) is 0 Å². The largest absolute Gasteiger partial charge is 0.496 e. The van der Waals surface area contributed by atoms with E-state index in [1.165, 1.54) is 11.1 Å². The van der Waals surface area contributed by atoms with E-state index in [0.29, 0.717) is 5.92 Å². The Morgan fingerprint density at radius 3 is 2.60 bits per heavy atom. The van der Waals surface area contributed by atoms with Gasteiger partial charge in [0.15, 0.2) is 0 Å². The predicted octanol–water partition coefficient (Wildman–Crippen LogP) is 2.58. The molecule has 1 aromatic rings. The van der Waals surface area contributed by atoms with Crippen LogP contribution in [0.3, 0.4) is 0 Å². The molecule has 1 rings (SSSR count). The van der Waals surface area contributed by atoms with Crippen LogP contribution in [-0.2, 0) is 6.42 Å². The molecule has 0 fully saturated rings. The molecular formula is C13H21NO. The first-order valence-electron chi connectivity index (χ1n) is 5.51. The highest BCUT2D eigenvalue weighted by molar-refractivity contribution is 5.43. The van der Waals surface area contributed by atoms with Gasteiger partial charge in [-0.1, -0.05) is 32.0 Å². The fourth-order valence-electron chi connectivity index (χ4n) is 1.76. The molecule has 1 aromatic carbocycles. The second kappa shape index (κ2) is 5.76. The van der Waals surface area contributed by atoms with Crippen molar-refractivity contribution in [2.24, 2.45) is 0 Å². The average Bonchev–Trinajstić information content (AvgIpc) is 2.25. The maximum Gasteiger partial charge on any atom is 0.125 e. The topological polar surface area (TPSA) is 21.3 Å². The molecule has 0 heterocycles. The number of para-hydroxylation sites is 1. The monoisotopic (exact) mass is 207 g/mol. The molecule has 0 saturated heterocycles. The van der Waals surface area contributed by atoms with E-state index in [1.54, 1.807) is 7.11 Å². The van der Waals surface area contributed by atoms with Crippen LogP contribution in [-0.4, -0.2) is 20.7 Å². The summed E-state index contributed by atoms with van der Waals surface area (Å²) in [7, 11) is 3.73. The molecule has 0 aliphatic rings. The van der Waals surface area contributed by atoms with Crippen molar-refractivity contribution in [2.45, 2.75) is 26.2 Å². The van der Waals surface area contributed by atoms with Crippen molar-refractivity contribution < 1.29 is 4.74 Å². The molecule has 0 saturated carbocycles. The van der Waals surface area contributed by atoms with E-state index >= 15 is 0 Å². The lowest BCUT2D eigenvalue weighted by atomic mass is 9.98. The maximum absolute atomic E-state index is 5.51. The van der Waals surface area contributed by atoms with Crippen molar-refractivity contribution in [3.8, 4) is 5.75 Å². The van der Waals surface area contributed by atoms with E-state index in [0.717, 1.165) is 18.7 Å². The number of likely N-dealkylation sites (N-methyl/N-ethyl adjacent to an activating group) is 1. The normalized spacial score (nSPS) is 10.7. The third kappa shape index (κ3) is 2.96. The summed E-state index contributed by atoms with van der Waals surface area (Å²) in [4.78, 5) is 0. The average molecular weight is 207 g/mol. The first-order chi connectivity index (χ1) is 7.20. The van der Waals surface area contributed by atoms with Gasteiger partial charge in [0, 0.05) is 0 Å². The summed E-state index contributed by atoms with van der Waals surface area (Å²) in [5.41, 5.74) is 2.59. The van der Waals surface area contributed by atoms with Crippen molar-refractivity contribution in [1.29, 1.82) is 0 Å². The van der Waals surface area contributed by atoms with Crippen molar-refractivity contribution >= 4 is 0 Å². The van der Waals surface area contributed by atoms with Gasteiger partial charge in [-0.15, -0.1) is 0 Å². The lowest BCUT2D eigenvalue weighted by molar-refractivity contribution is 0.402. The van der Waals surface area contributed by atoms with Crippen LogP contribution >= 0.6 is 0 Å². The Bertz CT molecular complexity index is 307. The first kappa shape index (κ1) is 12.1. The fourth-order valence-corrected chi connectivity index (χ4v) is 1.76. The van der Waals surface area contributed by atoms with Crippen LogP contribution in [0.1, 0.15) is 30.9 Å². The summed E-state index contributed by atoms with van der Waals surface area (Å²) in [6.45, 7) is 5.37. The van der Waals surface area contributed by atoms with Gasteiger partial charge in [-0.05, 0) is 37.1 Å². The highest BCUT2D eigenvalue weighted by Crippen LogP contribution is 2.29. The minimum absolute atomic E-state index is 0.509. The van der Waals surface area contributed by atoms with Gasteiger partial charge < -0.3 is 10.1 Å². The Labute approximate surface area is 92.6 Å². The first-order valence-corrected chi connectivity index (χ1v) is 5.51. The van der Waals surface area contributed by atoms with E-state index in [9.17, 15) is 0 Å². The maximum atomic E-state index is 5.51. The zero-order valence-corrected chi connectivity index (χ0v) is 10.1. The second-order valence-corrected chi connectivity index (χ2v) is 4.05. The zero-order valence-electron chi connectivity index (χ0n) is 10.1. The van der Waals surface area contributed by atoms with Crippen LogP contribution in [0.15, 0.2) is 18.2 Å². The van der Waals surface area contributed by atoms with E-state index in [-0.39, 0.29) is 0 Å². The molecule has 0 spiro atoms. The van der Waals surface area contributed by atoms with Gasteiger partial charge in [0.1, 0.15) is 5.75 Å². The minimum Gasteiger partial charge on any atom is -0.496 e. The number of benzene rings is 1. The number of rotatable bonds is 5. The number of hydrogen-bond donors (Lipinski definition) is 1. The Morgan fingerprint density at radius 1 is 1.33 bits per heavy atom. The summed E-state index contributed by atoms with van der Waals surface area (Å²) in [6, 6.07) is 6.40. The second-order valence-electron chi connectivity index (χ2n) is 4.05. The zero-order chi connectivity index (χ0) is 11.3. The minimum atomic E-state index is 0.509.